The predicted octanol–water partition coefficient (Wildman–Crippen LogP) is 3.32. The van der Waals surface area contributed by atoms with E-state index in [0.717, 1.165) is 34.0 Å². The van der Waals surface area contributed by atoms with Crippen LogP contribution in [0.15, 0.2) is 53.9 Å². The molecule has 1 aromatic heterocycles. The van der Waals surface area contributed by atoms with Gasteiger partial charge in [0.05, 0.1) is 18.6 Å². The number of nitrogens with zero attached hydrogens (tertiary/aromatic N) is 2. The molecule has 0 spiro atoms. The number of ether oxygens (including phenoxy) is 1. The summed E-state index contributed by atoms with van der Waals surface area (Å²) in [5.74, 6) is -0.409. The first-order chi connectivity index (χ1) is 13.9. The molecule has 1 aliphatic heterocycles. The molecule has 6 nitrogen and oxygen atoms in total. The lowest BCUT2D eigenvalue weighted by Gasteiger charge is -2.17. The number of carbonyl (C=O) groups excluding carboxylic acids is 1. The normalized spacial score (nSPS) is 13.3. The van der Waals surface area contributed by atoms with E-state index < -0.39 is 15.6 Å². The molecular formula is C21H20N2O4S2. The van der Waals surface area contributed by atoms with E-state index >= 15 is 0 Å². The molecule has 0 saturated heterocycles. The first kappa shape index (κ1) is 19.6. The number of methoxy groups -OCH3 is 1. The Kier molecular flexibility index (Phi) is 5.38. The summed E-state index contributed by atoms with van der Waals surface area (Å²) >= 11 is 1.38. The third-order valence-electron chi connectivity index (χ3n) is 4.79. The standard InChI is InChI=1S/C21H20N2O4S2/c1-27-18-8-6-16(7-9-18)21-22-17(12-28-21)13-29(25,26)14-20(24)23-11-10-15-4-2-3-5-19(15)23/h2-9,12H,10-11,13-14H2,1H3. The van der Waals surface area contributed by atoms with E-state index in [1.807, 2.05) is 48.5 Å². The molecule has 1 aliphatic rings. The average Bonchev–Trinajstić information content (AvgIpc) is 3.34. The van der Waals surface area contributed by atoms with Gasteiger partial charge >= 0.3 is 0 Å². The van der Waals surface area contributed by atoms with Crippen LogP contribution in [-0.2, 0) is 26.8 Å². The smallest absolute Gasteiger partial charge is 0.242 e. The topological polar surface area (TPSA) is 76.6 Å². The minimum absolute atomic E-state index is 0.249. The van der Waals surface area contributed by atoms with Gasteiger partial charge in [0.15, 0.2) is 9.84 Å². The van der Waals surface area contributed by atoms with Crippen molar-refractivity contribution in [1.82, 2.24) is 4.98 Å². The van der Waals surface area contributed by atoms with Crippen LogP contribution in [0.5, 0.6) is 5.75 Å². The Hall–Kier alpha value is -2.71. The molecule has 0 bridgehead atoms. The maximum Gasteiger partial charge on any atom is 0.242 e. The summed E-state index contributed by atoms with van der Waals surface area (Å²) in [5.41, 5.74) is 3.23. The molecule has 0 unspecified atom stereocenters. The Morgan fingerprint density at radius 3 is 2.69 bits per heavy atom. The highest BCUT2D eigenvalue weighted by molar-refractivity contribution is 7.91. The van der Waals surface area contributed by atoms with Crippen molar-refractivity contribution in [1.29, 1.82) is 0 Å². The molecule has 8 heteroatoms. The Bertz CT molecular complexity index is 1140. The van der Waals surface area contributed by atoms with Crippen molar-refractivity contribution in [3.05, 3.63) is 65.2 Å². The third kappa shape index (κ3) is 4.33. The lowest BCUT2D eigenvalue weighted by Crippen LogP contribution is -2.34. The van der Waals surface area contributed by atoms with Crippen molar-refractivity contribution in [2.45, 2.75) is 12.2 Å². The Morgan fingerprint density at radius 2 is 1.93 bits per heavy atom. The van der Waals surface area contributed by atoms with Gasteiger partial charge in [-0.2, -0.15) is 0 Å². The zero-order chi connectivity index (χ0) is 20.4. The number of sulfone groups is 1. The number of aromatic nitrogens is 1. The number of hydrogen-bond donors (Lipinski definition) is 0. The van der Waals surface area contributed by atoms with E-state index in [1.54, 1.807) is 17.4 Å². The largest absolute Gasteiger partial charge is 0.497 e. The number of fused-ring (bicyclic) bond motifs is 1. The van der Waals surface area contributed by atoms with Gasteiger partial charge in [-0.3, -0.25) is 4.79 Å². The summed E-state index contributed by atoms with van der Waals surface area (Å²) in [4.78, 5) is 18.6. The van der Waals surface area contributed by atoms with E-state index in [2.05, 4.69) is 4.98 Å². The van der Waals surface area contributed by atoms with Gasteiger partial charge in [0.2, 0.25) is 5.91 Å². The minimum Gasteiger partial charge on any atom is -0.497 e. The number of carbonyl (C=O) groups is 1. The monoisotopic (exact) mass is 428 g/mol. The van der Waals surface area contributed by atoms with Gasteiger partial charge in [0, 0.05) is 23.2 Å². The van der Waals surface area contributed by atoms with Crippen molar-refractivity contribution in [2.75, 3.05) is 24.3 Å². The van der Waals surface area contributed by atoms with Gasteiger partial charge in [-0.1, -0.05) is 18.2 Å². The van der Waals surface area contributed by atoms with Crippen molar-refractivity contribution < 1.29 is 17.9 Å². The summed E-state index contributed by atoms with van der Waals surface area (Å²) < 4.78 is 30.4. The van der Waals surface area contributed by atoms with E-state index in [0.29, 0.717) is 12.2 Å². The van der Waals surface area contributed by atoms with Gasteiger partial charge in [-0.05, 0) is 42.3 Å². The quantitative estimate of drug-likeness (QED) is 0.602. The number of rotatable bonds is 6. The van der Waals surface area contributed by atoms with Gasteiger partial charge in [-0.15, -0.1) is 11.3 Å². The maximum atomic E-state index is 12.6. The molecule has 1 amide bonds. The number of anilines is 1. The first-order valence-electron chi connectivity index (χ1n) is 9.13. The van der Waals surface area contributed by atoms with Crippen LogP contribution in [0, 0.1) is 0 Å². The predicted molar refractivity (Wildman–Crippen MR) is 114 cm³/mol. The SMILES string of the molecule is COc1ccc(-c2nc(CS(=O)(=O)CC(=O)N3CCc4ccccc43)cs2)cc1. The molecule has 0 atom stereocenters. The van der Waals surface area contributed by atoms with Crippen molar-refractivity contribution in [2.24, 2.45) is 0 Å². The van der Waals surface area contributed by atoms with Gasteiger partial charge in [0.1, 0.15) is 16.5 Å². The fourth-order valence-electron chi connectivity index (χ4n) is 3.38. The van der Waals surface area contributed by atoms with Gasteiger partial charge < -0.3 is 9.64 Å². The minimum atomic E-state index is -3.62. The van der Waals surface area contributed by atoms with Crippen LogP contribution in [0.25, 0.3) is 10.6 Å². The number of benzene rings is 2. The summed E-state index contributed by atoms with van der Waals surface area (Å²) in [6.07, 6.45) is 0.749. The summed E-state index contributed by atoms with van der Waals surface area (Å²) in [5, 5.41) is 2.46. The molecule has 0 saturated carbocycles. The molecule has 0 N–H and O–H groups in total. The Balaban J connectivity index is 1.44. The highest BCUT2D eigenvalue weighted by atomic mass is 32.2. The Morgan fingerprint density at radius 1 is 1.17 bits per heavy atom. The summed E-state index contributed by atoms with van der Waals surface area (Å²) in [6, 6.07) is 15.0. The zero-order valence-electron chi connectivity index (χ0n) is 15.9. The molecule has 3 aromatic rings. The third-order valence-corrected chi connectivity index (χ3v) is 7.15. The molecule has 29 heavy (non-hydrogen) atoms. The molecular weight excluding hydrogens is 408 g/mol. The van der Waals surface area contributed by atoms with Crippen LogP contribution in [0.1, 0.15) is 11.3 Å². The molecule has 0 fully saturated rings. The number of hydrogen-bond acceptors (Lipinski definition) is 6. The highest BCUT2D eigenvalue weighted by Crippen LogP contribution is 2.29. The van der Waals surface area contributed by atoms with Crippen LogP contribution in [-0.4, -0.2) is 38.7 Å². The second kappa shape index (κ2) is 7.96. The Labute approximate surface area is 173 Å². The molecule has 2 heterocycles. The van der Waals surface area contributed by atoms with Crippen molar-refractivity contribution >= 4 is 32.8 Å². The van der Waals surface area contributed by atoms with Crippen LogP contribution in [0.3, 0.4) is 0 Å². The fraction of sp³-hybridized carbons (Fsp3) is 0.238. The van der Waals surface area contributed by atoms with E-state index in [4.69, 9.17) is 4.74 Å². The van der Waals surface area contributed by atoms with Crippen molar-refractivity contribution in [3.63, 3.8) is 0 Å². The van der Waals surface area contributed by atoms with Crippen LogP contribution < -0.4 is 9.64 Å². The van der Waals surface area contributed by atoms with Crippen LogP contribution >= 0.6 is 11.3 Å². The average molecular weight is 429 g/mol. The number of para-hydroxylation sites is 1. The molecule has 4 rings (SSSR count). The summed E-state index contributed by atoms with van der Waals surface area (Å²) in [7, 11) is -2.02. The van der Waals surface area contributed by atoms with E-state index in [1.165, 1.54) is 11.3 Å². The first-order valence-corrected chi connectivity index (χ1v) is 11.8. The molecule has 150 valence electrons. The highest BCUT2D eigenvalue weighted by Gasteiger charge is 2.28. The number of thiazole rings is 1. The molecule has 0 aliphatic carbocycles. The zero-order valence-corrected chi connectivity index (χ0v) is 17.5. The molecule has 0 radical (unpaired) electrons. The second-order valence-corrected chi connectivity index (χ2v) is 9.75. The molecule has 2 aromatic carbocycles. The van der Waals surface area contributed by atoms with E-state index in [9.17, 15) is 13.2 Å². The lowest BCUT2D eigenvalue weighted by molar-refractivity contribution is -0.116. The van der Waals surface area contributed by atoms with E-state index in [-0.39, 0.29) is 11.7 Å². The fourth-order valence-corrected chi connectivity index (χ4v) is 5.54. The van der Waals surface area contributed by atoms with Crippen LogP contribution in [0.4, 0.5) is 5.69 Å². The van der Waals surface area contributed by atoms with Crippen LogP contribution in [0.2, 0.25) is 0 Å². The van der Waals surface area contributed by atoms with Gasteiger partial charge in [-0.25, -0.2) is 13.4 Å². The maximum absolute atomic E-state index is 12.6. The second-order valence-electron chi connectivity index (χ2n) is 6.83. The lowest BCUT2D eigenvalue weighted by atomic mass is 10.2. The number of amides is 1. The summed E-state index contributed by atoms with van der Waals surface area (Å²) in [6.45, 7) is 0.520. The van der Waals surface area contributed by atoms with Gasteiger partial charge in [0.25, 0.3) is 0 Å². The van der Waals surface area contributed by atoms with Crippen molar-refractivity contribution in [3.8, 4) is 16.3 Å².